The third-order valence-electron chi connectivity index (χ3n) is 2.85. The molecule has 1 aromatic carbocycles. The van der Waals surface area contributed by atoms with E-state index in [-0.39, 0.29) is 11.7 Å². The first kappa shape index (κ1) is 16.1. The number of hydrogen-bond acceptors (Lipinski definition) is 5. The molecule has 0 aliphatic rings. The van der Waals surface area contributed by atoms with E-state index in [1.807, 2.05) is 6.92 Å². The molecule has 0 aliphatic heterocycles. The number of nitrogens with zero attached hydrogens (tertiary/aromatic N) is 2. The van der Waals surface area contributed by atoms with E-state index >= 15 is 0 Å². The van der Waals surface area contributed by atoms with Gasteiger partial charge in [-0.05, 0) is 47.5 Å². The molecule has 0 saturated carbocycles. The molecule has 1 heterocycles. The minimum atomic E-state index is -0.844. The van der Waals surface area contributed by atoms with Gasteiger partial charge in [0.15, 0.2) is 5.82 Å². The van der Waals surface area contributed by atoms with Crippen LogP contribution in [0, 0.1) is 5.82 Å². The fraction of sp³-hybridized carbons (Fsp3) is 0.429. The molecule has 1 aromatic heterocycles. The Morgan fingerprint density at radius 3 is 2.90 bits per heavy atom. The third-order valence-corrected chi connectivity index (χ3v) is 3.50. The van der Waals surface area contributed by atoms with Crippen molar-refractivity contribution in [2.75, 3.05) is 13.2 Å². The molecule has 5 nitrogen and oxygen atoms in total. The Hall–Kier alpha value is -1.31. The van der Waals surface area contributed by atoms with Crippen LogP contribution in [0.3, 0.4) is 0 Å². The molecule has 21 heavy (non-hydrogen) atoms. The average Bonchev–Trinajstić information content (AvgIpc) is 2.89. The quantitative estimate of drug-likeness (QED) is 0.803. The van der Waals surface area contributed by atoms with Crippen LogP contribution in [0.4, 0.5) is 4.39 Å². The molecular formula is C14H17BrFN3O2. The summed E-state index contributed by atoms with van der Waals surface area (Å²) in [5.41, 5.74) is 5.92. The summed E-state index contributed by atoms with van der Waals surface area (Å²) in [6.45, 7) is 4.72. The maximum Gasteiger partial charge on any atom is 0.259 e. The van der Waals surface area contributed by atoms with Gasteiger partial charge in [0, 0.05) is 11.1 Å². The van der Waals surface area contributed by atoms with Crippen LogP contribution in [0.15, 0.2) is 27.2 Å². The summed E-state index contributed by atoms with van der Waals surface area (Å²) in [6.07, 6.45) is 0.913. The first-order valence-corrected chi connectivity index (χ1v) is 7.39. The van der Waals surface area contributed by atoms with Gasteiger partial charge in [-0.15, -0.1) is 0 Å². The van der Waals surface area contributed by atoms with Gasteiger partial charge in [0.2, 0.25) is 0 Å². The van der Waals surface area contributed by atoms with E-state index in [1.54, 1.807) is 13.0 Å². The van der Waals surface area contributed by atoms with E-state index in [1.165, 1.54) is 12.1 Å². The molecule has 2 aromatic rings. The summed E-state index contributed by atoms with van der Waals surface area (Å²) in [7, 11) is 0. The van der Waals surface area contributed by atoms with Crippen LogP contribution in [0.1, 0.15) is 26.1 Å². The molecule has 0 amide bonds. The van der Waals surface area contributed by atoms with Gasteiger partial charge in [-0.1, -0.05) is 12.1 Å². The van der Waals surface area contributed by atoms with Crippen molar-refractivity contribution in [1.82, 2.24) is 10.1 Å². The number of rotatable bonds is 6. The minimum Gasteiger partial charge on any atom is -0.379 e. The van der Waals surface area contributed by atoms with Gasteiger partial charge in [0.25, 0.3) is 5.89 Å². The summed E-state index contributed by atoms with van der Waals surface area (Å²) < 4.78 is 24.3. The van der Waals surface area contributed by atoms with Gasteiger partial charge in [-0.25, -0.2) is 4.39 Å². The Kier molecular flexibility index (Phi) is 5.08. The molecule has 1 unspecified atom stereocenters. The summed E-state index contributed by atoms with van der Waals surface area (Å²) in [6, 6.07) is 4.24. The van der Waals surface area contributed by atoms with E-state index in [4.69, 9.17) is 15.0 Å². The lowest BCUT2D eigenvalue weighted by molar-refractivity contribution is 0.0867. The van der Waals surface area contributed by atoms with Crippen molar-refractivity contribution in [3.8, 4) is 11.5 Å². The van der Waals surface area contributed by atoms with Crippen molar-refractivity contribution in [1.29, 1.82) is 0 Å². The first-order valence-electron chi connectivity index (χ1n) is 6.60. The van der Waals surface area contributed by atoms with E-state index in [0.717, 1.165) is 6.42 Å². The number of ether oxygens (including phenoxy) is 1. The van der Waals surface area contributed by atoms with E-state index in [9.17, 15) is 4.39 Å². The second-order valence-corrected chi connectivity index (χ2v) is 5.87. The van der Waals surface area contributed by atoms with Gasteiger partial charge >= 0.3 is 0 Å². The zero-order valence-corrected chi connectivity index (χ0v) is 13.5. The van der Waals surface area contributed by atoms with E-state index in [2.05, 4.69) is 26.1 Å². The van der Waals surface area contributed by atoms with Crippen LogP contribution in [0.5, 0.6) is 0 Å². The lowest BCUT2D eigenvalue weighted by Crippen LogP contribution is -2.39. The van der Waals surface area contributed by atoms with Crippen LogP contribution in [-0.4, -0.2) is 23.4 Å². The Balaban J connectivity index is 2.21. The molecule has 0 radical (unpaired) electrons. The van der Waals surface area contributed by atoms with Crippen LogP contribution < -0.4 is 5.73 Å². The van der Waals surface area contributed by atoms with Gasteiger partial charge in [-0.2, -0.15) is 4.98 Å². The molecule has 0 aliphatic carbocycles. The van der Waals surface area contributed by atoms with Crippen molar-refractivity contribution in [3.63, 3.8) is 0 Å². The van der Waals surface area contributed by atoms with E-state index < -0.39 is 5.54 Å². The van der Waals surface area contributed by atoms with Crippen LogP contribution >= 0.6 is 15.9 Å². The maximum absolute atomic E-state index is 13.1. The van der Waals surface area contributed by atoms with Crippen LogP contribution in [0.25, 0.3) is 11.5 Å². The highest BCUT2D eigenvalue weighted by molar-refractivity contribution is 9.10. The molecule has 1 atom stereocenters. The van der Waals surface area contributed by atoms with Crippen LogP contribution in [-0.2, 0) is 10.3 Å². The predicted molar refractivity (Wildman–Crippen MR) is 80.0 cm³/mol. The molecule has 0 saturated heterocycles. The maximum atomic E-state index is 13.1. The zero-order chi connectivity index (χ0) is 15.5. The number of hydrogen-bond donors (Lipinski definition) is 1. The molecule has 2 N–H and O–H groups in total. The monoisotopic (exact) mass is 357 g/mol. The Labute approximate surface area is 130 Å². The zero-order valence-electron chi connectivity index (χ0n) is 11.9. The molecule has 2 rings (SSSR count). The highest BCUT2D eigenvalue weighted by Crippen LogP contribution is 2.28. The summed E-state index contributed by atoms with van der Waals surface area (Å²) >= 11 is 3.27. The third kappa shape index (κ3) is 3.87. The number of halogens is 2. The average molecular weight is 358 g/mol. The Bertz CT molecular complexity index is 616. The molecule has 0 spiro atoms. The Morgan fingerprint density at radius 1 is 1.48 bits per heavy atom. The minimum absolute atomic E-state index is 0.282. The fourth-order valence-electron chi connectivity index (χ4n) is 1.72. The molecule has 7 heteroatoms. The second-order valence-electron chi connectivity index (χ2n) is 5.02. The topological polar surface area (TPSA) is 74.2 Å². The summed E-state index contributed by atoms with van der Waals surface area (Å²) in [5.74, 6) is 0.288. The summed E-state index contributed by atoms with van der Waals surface area (Å²) in [4.78, 5) is 4.29. The second kappa shape index (κ2) is 6.64. The van der Waals surface area contributed by atoms with Gasteiger partial charge in [0.1, 0.15) is 11.4 Å². The van der Waals surface area contributed by atoms with E-state index in [0.29, 0.717) is 29.1 Å². The highest BCUT2D eigenvalue weighted by Gasteiger charge is 2.28. The van der Waals surface area contributed by atoms with Crippen molar-refractivity contribution >= 4 is 15.9 Å². The van der Waals surface area contributed by atoms with Gasteiger partial charge in [0.05, 0.1) is 12.2 Å². The number of nitrogens with two attached hydrogens (primary N) is 1. The van der Waals surface area contributed by atoms with Crippen molar-refractivity contribution in [2.45, 2.75) is 25.8 Å². The highest BCUT2D eigenvalue weighted by atomic mass is 79.9. The number of aromatic nitrogens is 2. The SMILES string of the molecule is CCCOCC(C)(N)c1noc(-c2ccc(F)cc2Br)n1. The lowest BCUT2D eigenvalue weighted by Gasteiger charge is -2.19. The largest absolute Gasteiger partial charge is 0.379 e. The lowest BCUT2D eigenvalue weighted by atomic mass is 10.1. The van der Waals surface area contributed by atoms with Gasteiger partial charge < -0.3 is 15.0 Å². The van der Waals surface area contributed by atoms with Gasteiger partial charge in [-0.3, -0.25) is 0 Å². The molecular weight excluding hydrogens is 341 g/mol. The predicted octanol–water partition coefficient (Wildman–Crippen LogP) is 3.24. The Morgan fingerprint density at radius 2 is 2.24 bits per heavy atom. The van der Waals surface area contributed by atoms with Crippen molar-refractivity contribution in [3.05, 3.63) is 34.3 Å². The number of benzene rings is 1. The van der Waals surface area contributed by atoms with Crippen molar-refractivity contribution in [2.24, 2.45) is 5.73 Å². The molecule has 0 bridgehead atoms. The summed E-state index contributed by atoms with van der Waals surface area (Å²) in [5, 5.41) is 3.90. The molecule has 0 fully saturated rings. The first-order chi connectivity index (χ1) is 9.94. The standard InChI is InChI=1S/C14H17BrFN3O2/c1-3-6-20-8-14(2,17)13-18-12(21-19-13)10-5-4-9(16)7-11(10)15/h4-5,7H,3,6,8,17H2,1-2H3. The normalized spacial score (nSPS) is 14.1. The molecule has 114 valence electrons. The van der Waals surface area contributed by atoms with Crippen molar-refractivity contribution < 1.29 is 13.7 Å². The smallest absolute Gasteiger partial charge is 0.259 e. The fourth-order valence-corrected chi connectivity index (χ4v) is 2.24. The van der Waals surface area contributed by atoms with Crippen LogP contribution in [0.2, 0.25) is 0 Å².